The predicted octanol–water partition coefficient (Wildman–Crippen LogP) is 1.30. The van der Waals surface area contributed by atoms with Gasteiger partial charge in [-0.2, -0.15) is 0 Å². The van der Waals surface area contributed by atoms with Gasteiger partial charge in [-0.05, 0) is 17.7 Å². The van der Waals surface area contributed by atoms with Crippen molar-refractivity contribution in [3.8, 4) is 0 Å². The van der Waals surface area contributed by atoms with Crippen LogP contribution in [0.25, 0.3) is 0 Å². The molecular weight excluding hydrogens is 280 g/mol. The third-order valence-electron chi connectivity index (χ3n) is 2.85. The number of hydrogen-bond acceptors (Lipinski definition) is 4. The largest absolute Gasteiger partial charge is 0.383 e. The van der Waals surface area contributed by atoms with E-state index in [-0.39, 0.29) is 18.3 Å². The highest BCUT2D eigenvalue weighted by Crippen LogP contribution is 2.07. The van der Waals surface area contributed by atoms with E-state index in [0.717, 1.165) is 5.56 Å². The second-order valence-corrected chi connectivity index (χ2v) is 4.18. The summed E-state index contributed by atoms with van der Waals surface area (Å²) < 4.78 is 10.0. The van der Waals surface area contributed by atoms with Gasteiger partial charge in [-0.1, -0.05) is 12.1 Å². The molecule has 0 aliphatic carbocycles. The first-order chi connectivity index (χ1) is 9.22. The molecule has 0 radical (unpaired) electrons. The SMILES string of the molecule is COCCN(CCOC)C(=O)c1ccc(CN)cc1.Cl. The van der Waals surface area contributed by atoms with Gasteiger partial charge >= 0.3 is 0 Å². The van der Waals surface area contributed by atoms with E-state index in [1.165, 1.54) is 0 Å². The van der Waals surface area contributed by atoms with Crippen molar-refractivity contribution in [1.82, 2.24) is 4.90 Å². The Morgan fingerprint density at radius 2 is 1.60 bits per heavy atom. The Labute approximate surface area is 126 Å². The van der Waals surface area contributed by atoms with Crippen LogP contribution in [0.1, 0.15) is 15.9 Å². The van der Waals surface area contributed by atoms with Crippen LogP contribution < -0.4 is 5.73 Å². The molecule has 0 aliphatic heterocycles. The summed E-state index contributed by atoms with van der Waals surface area (Å²) in [6.07, 6.45) is 0. The molecular formula is C14H23ClN2O3. The maximum Gasteiger partial charge on any atom is 0.254 e. The fourth-order valence-corrected chi connectivity index (χ4v) is 1.68. The van der Waals surface area contributed by atoms with E-state index in [4.69, 9.17) is 15.2 Å². The molecule has 0 aromatic heterocycles. The third kappa shape index (κ3) is 5.88. The minimum absolute atomic E-state index is 0. The number of carbonyl (C=O) groups is 1. The van der Waals surface area contributed by atoms with Crippen LogP contribution >= 0.6 is 12.4 Å². The van der Waals surface area contributed by atoms with Gasteiger partial charge < -0.3 is 20.1 Å². The highest BCUT2D eigenvalue weighted by molar-refractivity contribution is 5.94. The lowest BCUT2D eigenvalue weighted by molar-refractivity contribution is 0.0627. The number of rotatable bonds is 8. The van der Waals surface area contributed by atoms with Gasteiger partial charge in [0.25, 0.3) is 5.91 Å². The molecule has 0 heterocycles. The van der Waals surface area contributed by atoms with Crippen LogP contribution in [-0.2, 0) is 16.0 Å². The highest BCUT2D eigenvalue weighted by atomic mass is 35.5. The third-order valence-corrected chi connectivity index (χ3v) is 2.85. The molecule has 0 saturated carbocycles. The van der Waals surface area contributed by atoms with Crippen LogP contribution in [0.2, 0.25) is 0 Å². The van der Waals surface area contributed by atoms with Crippen molar-refractivity contribution in [2.75, 3.05) is 40.5 Å². The van der Waals surface area contributed by atoms with Crippen LogP contribution in [-0.4, -0.2) is 51.3 Å². The lowest BCUT2D eigenvalue weighted by Crippen LogP contribution is -2.36. The van der Waals surface area contributed by atoms with E-state index in [1.54, 1.807) is 31.3 Å². The van der Waals surface area contributed by atoms with Gasteiger partial charge in [-0.3, -0.25) is 4.79 Å². The first kappa shape index (κ1) is 18.9. The van der Waals surface area contributed by atoms with Crippen molar-refractivity contribution in [2.45, 2.75) is 6.54 Å². The summed E-state index contributed by atoms with van der Waals surface area (Å²) in [5, 5.41) is 0. The van der Waals surface area contributed by atoms with Gasteiger partial charge in [0.1, 0.15) is 0 Å². The minimum Gasteiger partial charge on any atom is -0.383 e. The molecule has 6 heteroatoms. The molecule has 1 rings (SSSR count). The van der Waals surface area contributed by atoms with Crippen molar-refractivity contribution in [2.24, 2.45) is 5.73 Å². The second-order valence-electron chi connectivity index (χ2n) is 4.18. The van der Waals surface area contributed by atoms with Crippen LogP contribution in [0.15, 0.2) is 24.3 Å². The summed E-state index contributed by atoms with van der Waals surface area (Å²) in [5.74, 6) is -0.0160. The average molecular weight is 303 g/mol. The van der Waals surface area contributed by atoms with E-state index in [2.05, 4.69) is 0 Å². The van der Waals surface area contributed by atoms with E-state index in [0.29, 0.717) is 38.4 Å². The van der Waals surface area contributed by atoms with Gasteiger partial charge in [0.15, 0.2) is 0 Å². The Morgan fingerprint density at radius 1 is 1.10 bits per heavy atom. The van der Waals surface area contributed by atoms with Gasteiger partial charge in [0, 0.05) is 39.4 Å². The molecule has 114 valence electrons. The molecule has 0 aliphatic rings. The molecule has 0 fully saturated rings. The molecule has 0 unspecified atom stereocenters. The number of amides is 1. The summed E-state index contributed by atoms with van der Waals surface area (Å²) in [5.41, 5.74) is 7.21. The maximum atomic E-state index is 12.3. The Bertz CT molecular complexity index is 377. The topological polar surface area (TPSA) is 64.8 Å². The summed E-state index contributed by atoms with van der Waals surface area (Å²) in [7, 11) is 3.24. The zero-order chi connectivity index (χ0) is 14.1. The minimum atomic E-state index is -0.0160. The first-order valence-electron chi connectivity index (χ1n) is 6.29. The van der Waals surface area contributed by atoms with Gasteiger partial charge in [0.05, 0.1) is 13.2 Å². The fourth-order valence-electron chi connectivity index (χ4n) is 1.68. The van der Waals surface area contributed by atoms with Crippen LogP contribution in [0.5, 0.6) is 0 Å². The van der Waals surface area contributed by atoms with Crippen LogP contribution in [0.3, 0.4) is 0 Å². The summed E-state index contributed by atoms with van der Waals surface area (Å²) in [4.78, 5) is 14.1. The van der Waals surface area contributed by atoms with E-state index in [1.807, 2.05) is 12.1 Å². The summed E-state index contributed by atoms with van der Waals surface area (Å²) in [6.45, 7) is 2.60. The fraction of sp³-hybridized carbons (Fsp3) is 0.500. The summed E-state index contributed by atoms with van der Waals surface area (Å²) in [6, 6.07) is 7.35. The Balaban J connectivity index is 0.00000361. The molecule has 0 bridgehead atoms. The van der Waals surface area contributed by atoms with Crippen molar-refractivity contribution in [3.05, 3.63) is 35.4 Å². The van der Waals surface area contributed by atoms with E-state index in [9.17, 15) is 4.79 Å². The standard InChI is InChI=1S/C14H22N2O3.ClH/c1-18-9-7-16(8-10-19-2)14(17)13-5-3-12(11-15)4-6-13;/h3-6H,7-11,15H2,1-2H3;1H. The molecule has 0 atom stereocenters. The Hall–Kier alpha value is -1.14. The molecule has 1 aromatic rings. The van der Waals surface area contributed by atoms with E-state index < -0.39 is 0 Å². The number of ether oxygens (including phenoxy) is 2. The molecule has 20 heavy (non-hydrogen) atoms. The number of nitrogens with zero attached hydrogens (tertiary/aromatic N) is 1. The zero-order valence-corrected chi connectivity index (χ0v) is 12.8. The Kier molecular flexibility index (Phi) is 10.0. The number of hydrogen-bond donors (Lipinski definition) is 1. The summed E-state index contributed by atoms with van der Waals surface area (Å²) >= 11 is 0. The Morgan fingerprint density at radius 3 is 2.00 bits per heavy atom. The lowest BCUT2D eigenvalue weighted by atomic mass is 10.1. The number of carbonyl (C=O) groups excluding carboxylic acids is 1. The smallest absolute Gasteiger partial charge is 0.254 e. The maximum absolute atomic E-state index is 12.3. The number of methoxy groups -OCH3 is 2. The van der Waals surface area contributed by atoms with Gasteiger partial charge in [0.2, 0.25) is 0 Å². The number of benzene rings is 1. The lowest BCUT2D eigenvalue weighted by Gasteiger charge is -2.22. The van der Waals surface area contributed by atoms with Crippen molar-refractivity contribution in [1.29, 1.82) is 0 Å². The quantitative estimate of drug-likeness (QED) is 0.786. The molecule has 1 amide bonds. The number of nitrogens with two attached hydrogens (primary N) is 1. The molecule has 1 aromatic carbocycles. The van der Waals surface area contributed by atoms with Gasteiger partial charge in [-0.25, -0.2) is 0 Å². The average Bonchev–Trinajstić information content (AvgIpc) is 2.47. The molecule has 0 spiro atoms. The monoisotopic (exact) mass is 302 g/mol. The predicted molar refractivity (Wildman–Crippen MR) is 81.2 cm³/mol. The van der Waals surface area contributed by atoms with E-state index >= 15 is 0 Å². The van der Waals surface area contributed by atoms with Gasteiger partial charge in [-0.15, -0.1) is 12.4 Å². The molecule has 0 saturated heterocycles. The normalized spacial score (nSPS) is 9.95. The number of halogens is 1. The van der Waals surface area contributed by atoms with Crippen LogP contribution in [0.4, 0.5) is 0 Å². The van der Waals surface area contributed by atoms with Crippen molar-refractivity contribution in [3.63, 3.8) is 0 Å². The van der Waals surface area contributed by atoms with Crippen molar-refractivity contribution >= 4 is 18.3 Å². The first-order valence-corrected chi connectivity index (χ1v) is 6.29. The highest BCUT2D eigenvalue weighted by Gasteiger charge is 2.15. The zero-order valence-electron chi connectivity index (χ0n) is 12.0. The second kappa shape index (κ2) is 10.6. The molecule has 5 nitrogen and oxygen atoms in total. The van der Waals surface area contributed by atoms with Crippen molar-refractivity contribution < 1.29 is 14.3 Å². The van der Waals surface area contributed by atoms with Crippen LogP contribution in [0, 0.1) is 0 Å². The molecule has 2 N–H and O–H groups in total.